The van der Waals surface area contributed by atoms with Crippen molar-refractivity contribution < 1.29 is 24.5 Å². The van der Waals surface area contributed by atoms with E-state index in [2.05, 4.69) is 43.5 Å². The second-order valence-electron chi connectivity index (χ2n) is 17.5. The normalized spacial score (nSPS) is 12.9. The van der Waals surface area contributed by atoms with Gasteiger partial charge < -0.3 is 20.3 Å². The highest BCUT2D eigenvalue weighted by atomic mass is 16.5. The van der Waals surface area contributed by atoms with Crippen LogP contribution in [0.2, 0.25) is 0 Å². The summed E-state index contributed by atoms with van der Waals surface area (Å²) >= 11 is 0. The van der Waals surface area contributed by atoms with Gasteiger partial charge in [-0.05, 0) is 57.8 Å². The zero-order valence-electron chi connectivity index (χ0n) is 39.2. The average Bonchev–Trinajstić information content (AvgIpc) is 3.24. The van der Waals surface area contributed by atoms with Gasteiger partial charge in [-0.25, -0.2) is 0 Å². The Kier molecular flexibility index (Phi) is 47.2. The Bertz CT molecular complexity index is 962. The first-order valence-electron chi connectivity index (χ1n) is 25.8. The quantitative estimate of drug-likeness (QED) is 0.0323. The first kappa shape index (κ1) is 57.1. The smallest absolute Gasteiger partial charge is 0.305 e. The van der Waals surface area contributed by atoms with Crippen molar-refractivity contribution >= 4 is 11.9 Å². The molecule has 6 heteroatoms. The van der Waals surface area contributed by atoms with E-state index in [9.17, 15) is 19.8 Å². The lowest BCUT2D eigenvalue weighted by atomic mass is 10.0. The monoisotopic (exact) mass is 830 g/mol. The summed E-state index contributed by atoms with van der Waals surface area (Å²) < 4.78 is 5.45. The van der Waals surface area contributed by atoms with E-state index in [1.54, 1.807) is 6.08 Å². The molecular formula is C53H99NO5. The molecule has 0 aromatic rings. The van der Waals surface area contributed by atoms with Crippen LogP contribution >= 0.6 is 0 Å². The second kappa shape index (κ2) is 48.7. The number of hydrogen-bond donors (Lipinski definition) is 3. The fourth-order valence-electron chi connectivity index (χ4n) is 7.67. The van der Waals surface area contributed by atoms with Crippen LogP contribution in [0.5, 0.6) is 0 Å². The molecule has 6 nitrogen and oxygen atoms in total. The van der Waals surface area contributed by atoms with Crippen LogP contribution in [0.4, 0.5) is 0 Å². The lowest BCUT2D eigenvalue weighted by Gasteiger charge is -2.20. The second-order valence-corrected chi connectivity index (χ2v) is 17.5. The van der Waals surface area contributed by atoms with Crippen LogP contribution in [0.1, 0.15) is 264 Å². The molecule has 0 aromatic carbocycles. The number of amides is 1. The highest BCUT2D eigenvalue weighted by Gasteiger charge is 2.18. The van der Waals surface area contributed by atoms with Crippen LogP contribution in [-0.4, -0.2) is 47.4 Å². The molecule has 0 rings (SSSR count). The molecule has 1 amide bonds. The molecule has 0 spiro atoms. The Morgan fingerprint density at radius 2 is 0.881 bits per heavy atom. The van der Waals surface area contributed by atoms with Crippen molar-refractivity contribution in [3.63, 3.8) is 0 Å². The molecule has 0 saturated heterocycles. The summed E-state index contributed by atoms with van der Waals surface area (Å²) in [5, 5.41) is 23.0. The van der Waals surface area contributed by atoms with Gasteiger partial charge in [0, 0.05) is 12.8 Å². The van der Waals surface area contributed by atoms with E-state index >= 15 is 0 Å². The summed E-state index contributed by atoms with van der Waals surface area (Å²) in [6.45, 7) is 4.80. The van der Waals surface area contributed by atoms with Gasteiger partial charge in [0.2, 0.25) is 5.91 Å². The van der Waals surface area contributed by atoms with Gasteiger partial charge in [0.15, 0.2) is 0 Å². The van der Waals surface area contributed by atoms with E-state index in [1.807, 2.05) is 6.08 Å². The number of aliphatic hydroxyl groups is 2. The third-order valence-corrected chi connectivity index (χ3v) is 11.6. The number of carbonyl (C=O) groups is 2. The summed E-state index contributed by atoms with van der Waals surface area (Å²) in [4.78, 5) is 24.4. The topological polar surface area (TPSA) is 95.9 Å². The molecule has 59 heavy (non-hydrogen) atoms. The Morgan fingerprint density at radius 3 is 1.36 bits per heavy atom. The Balaban J connectivity index is 3.43. The van der Waals surface area contributed by atoms with Gasteiger partial charge in [0.1, 0.15) is 0 Å². The Labute approximate surface area is 366 Å². The predicted octanol–water partition coefficient (Wildman–Crippen LogP) is 15.3. The van der Waals surface area contributed by atoms with Crippen molar-refractivity contribution in [2.75, 3.05) is 13.2 Å². The third-order valence-electron chi connectivity index (χ3n) is 11.6. The van der Waals surface area contributed by atoms with E-state index < -0.39 is 12.1 Å². The fourth-order valence-corrected chi connectivity index (χ4v) is 7.67. The van der Waals surface area contributed by atoms with Gasteiger partial charge >= 0.3 is 5.97 Å². The maximum absolute atomic E-state index is 12.4. The van der Waals surface area contributed by atoms with Gasteiger partial charge in [0.05, 0.1) is 25.4 Å². The van der Waals surface area contributed by atoms with Crippen LogP contribution in [-0.2, 0) is 14.3 Å². The van der Waals surface area contributed by atoms with E-state index in [0.717, 1.165) is 51.4 Å². The van der Waals surface area contributed by atoms with Gasteiger partial charge in [-0.2, -0.15) is 0 Å². The number of hydrogen-bond acceptors (Lipinski definition) is 5. The number of ether oxygens (including phenoxy) is 1. The maximum atomic E-state index is 12.4. The Hall–Kier alpha value is -1.92. The molecule has 0 aromatic heterocycles. The molecule has 0 heterocycles. The maximum Gasteiger partial charge on any atom is 0.305 e. The van der Waals surface area contributed by atoms with Crippen LogP contribution in [0.15, 0.2) is 36.5 Å². The lowest BCUT2D eigenvalue weighted by Crippen LogP contribution is -2.45. The predicted molar refractivity (Wildman–Crippen MR) is 255 cm³/mol. The number of allylic oxidation sites excluding steroid dienone is 5. The summed E-state index contributed by atoms with van der Waals surface area (Å²) in [7, 11) is 0. The van der Waals surface area contributed by atoms with Gasteiger partial charge in [-0.1, -0.05) is 230 Å². The third kappa shape index (κ3) is 45.4. The highest BCUT2D eigenvalue weighted by Crippen LogP contribution is 2.16. The molecule has 346 valence electrons. The summed E-state index contributed by atoms with van der Waals surface area (Å²) in [5.74, 6) is -0.0840. The summed E-state index contributed by atoms with van der Waals surface area (Å²) in [6.07, 6.45) is 58.6. The minimum absolute atomic E-state index is 0.00965. The lowest BCUT2D eigenvalue weighted by molar-refractivity contribution is -0.143. The molecule has 0 aliphatic rings. The van der Waals surface area contributed by atoms with Gasteiger partial charge in [0.25, 0.3) is 0 Å². The number of carbonyl (C=O) groups excluding carboxylic acids is 2. The van der Waals surface area contributed by atoms with Crippen molar-refractivity contribution in [3.8, 4) is 0 Å². The zero-order valence-corrected chi connectivity index (χ0v) is 39.2. The van der Waals surface area contributed by atoms with Crippen LogP contribution < -0.4 is 5.32 Å². The van der Waals surface area contributed by atoms with Crippen molar-refractivity contribution in [1.82, 2.24) is 5.32 Å². The summed E-state index contributed by atoms with van der Waals surface area (Å²) in [6, 6.07) is -0.630. The standard InChI is InChI=1S/C53H99NO5/c1-3-5-7-9-11-13-15-22-27-31-35-39-43-47-53(58)59-48-44-40-36-32-28-24-21-19-17-16-18-20-23-26-30-34-38-42-46-52(57)54-50(49-55)51(56)45-41-37-33-29-25-14-12-10-8-6-4-2/h7,9,13,15,41,45,50-51,55-56H,3-6,8,10-12,14,16-40,42-44,46-49H2,1-2H3,(H,54,57)/b9-7-,15-13-,45-41+. The molecule has 2 atom stereocenters. The van der Waals surface area contributed by atoms with E-state index in [-0.39, 0.29) is 18.5 Å². The molecule has 0 aliphatic carbocycles. The van der Waals surface area contributed by atoms with Crippen LogP contribution in [0.3, 0.4) is 0 Å². The van der Waals surface area contributed by atoms with Crippen molar-refractivity contribution in [2.45, 2.75) is 276 Å². The van der Waals surface area contributed by atoms with Crippen molar-refractivity contribution in [2.24, 2.45) is 0 Å². The van der Waals surface area contributed by atoms with Crippen molar-refractivity contribution in [3.05, 3.63) is 36.5 Å². The van der Waals surface area contributed by atoms with Crippen molar-refractivity contribution in [1.29, 1.82) is 0 Å². The SMILES string of the molecule is CCC/C=C\C/C=C\CCCCCCCC(=O)OCCCCCCCCCCCCCCCCCCCCC(=O)NC(CO)C(O)/C=C/CCCCCCCCCCC. The number of rotatable bonds is 47. The Morgan fingerprint density at radius 1 is 0.475 bits per heavy atom. The van der Waals surface area contributed by atoms with Gasteiger partial charge in [-0.3, -0.25) is 9.59 Å². The number of esters is 1. The number of aliphatic hydroxyl groups excluding tert-OH is 2. The fraction of sp³-hybridized carbons (Fsp3) is 0.849. The summed E-state index contributed by atoms with van der Waals surface area (Å²) in [5.41, 5.74) is 0. The molecule has 3 N–H and O–H groups in total. The zero-order chi connectivity index (χ0) is 43.0. The average molecular weight is 830 g/mol. The van der Waals surface area contributed by atoms with Crippen LogP contribution in [0.25, 0.3) is 0 Å². The van der Waals surface area contributed by atoms with E-state index in [1.165, 1.54) is 186 Å². The van der Waals surface area contributed by atoms with Gasteiger partial charge in [-0.15, -0.1) is 0 Å². The minimum Gasteiger partial charge on any atom is -0.466 e. The minimum atomic E-state index is -0.846. The first-order chi connectivity index (χ1) is 29.0. The molecule has 0 radical (unpaired) electrons. The van der Waals surface area contributed by atoms with E-state index in [0.29, 0.717) is 19.4 Å². The molecule has 2 unspecified atom stereocenters. The molecule has 0 bridgehead atoms. The highest BCUT2D eigenvalue weighted by molar-refractivity contribution is 5.76. The number of unbranched alkanes of at least 4 members (excludes halogenated alkanes) is 32. The molecule has 0 saturated carbocycles. The largest absolute Gasteiger partial charge is 0.466 e. The van der Waals surface area contributed by atoms with Crippen LogP contribution in [0, 0.1) is 0 Å². The van der Waals surface area contributed by atoms with E-state index in [4.69, 9.17) is 4.74 Å². The first-order valence-corrected chi connectivity index (χ1v) is 25.8. The molecule has 0 aliphatic heterocycles. The molecule has 0 fully saturated rings. The number of nitrogens with one attached hydrogen (secondary N) is 1. The molecular weight excluding hydrogens is 731 g/mol.